The van der Waals surface area contributed by atoms with Gasteiger partial charge in [-0.2, -0.15) is 4.98 Å². The van der Waals surface area contributed by atoms with Crippen molar-refractivity contribution >= 4 is 17.5 Å². The molecule has 1 aliphatic rings. The van der Waals surface area contributed by atoms with Crippen LogP contribution in [0.5, 0.6) is 0 Å². The predicted octanol–water partition coefficient (Wildman–Crippen LogP) is 5.15. The lowest BCUT2D eigenvalue weighted by Crippen LogP contribution is -2.34. The number of piperidine rings is 1. The van der Waals surface area contributed by atoms with E-state index in [1.807, 2.05) is 12.1 Å². The topological polar surface area (TPSA) is 32.3 Å². The molecule has 0 unspecified atom stereocenters. The Morgan fingerprint density at radius 1 is 0.889 bits per heavy atom. The van der Waals surface area contributed by atoms with Gasteiger partial charge in [0.25, 0.3) is 0 Å². The van der Waals surface area contributed by atoms with E-state index in [1.165, 1.54) is 12.8 Å². The Balaban J connectivity index is 1.75. The lowest BCUT2D eigenvalue weighted by Gasteiger charge is -2.31. The first kappa shape index (κ1) is 17.5. The molecule has 4 rings (SSSR count). The van der Waals surface area contributed by atoms with Crippen LogP contribution < -0.4 is 9.80 Å². The second-order valence-electron chi connectivity index (χ2n) is 7.34. The summed E-state index contributed by atoms with van der Waals surface area (Å²) in [6, 6.07) is 22.8. The summed E-state index contributed by atoms with van der Waals surface area (Å²) in [4.78, 5) is 14.3. The predicted molar refractivity (Wildman–Crippen MR) is 113 cm³/mol. The van der Waals surface area contributed by atoms with Gasteiger partial charge in [0, 0.05) is 37.5 Å². The van der Waals surface area contributed by atoms with E-state index in [2.05, 4.69) is 78.4 Å². The van der Waals surface area contributed by atoms with Crippen molar-refractivity contribution in [3.05, 3.63) is 66.7 Å². The van der Waals surface area contributed by atoms with E-state index in [9.17, 15) is 0 Å². The Morgan fingerprint density at radius 2 is 1.52 bits per heavy atom. The molecule has 2 aromatic carbocycles. The van der Waals surface area contributed by atoms with Crippen LogP contribution in [0.15, 0.2) is 66.7 Å². The van der Waals surface area contributed by atoms with Crippen LogP contribution in [0, 0.1) is 5.92 Å². The highest BCUT2D eigenvalue weighted by molar-refractivity contribution is 5.68. The average Bonchev–Trinajstić information content (AvgIpc) is 2.74. The van der Waals surface area contributed by atoms with Crippen molar-refractivity contribution in [1.82, 2.24) is 9.97 Å². The molecule has 0 N–H and O–H groups in total. The van der Waals surface area contributed by atoms with E-state index in [0.29, 0.717) is 0 Å². The van der Waals surface area contributed by atoms with Crippen LogP contribution in [0.4, 0.5) is 17.5 Å². The molecule has 2 heterocycles. The van der Waals surface area contributed by atoms with E-state index in [1.54, 1.807) is 0 Å². The standard InChI is InChI=1S/C23H26N4/c1-18-13-15-27(16-14-18)23-24-21(19-9-5-3-6-10-19)17-22(25-23)26(2)20-11-7-4-8-12-20/h3-12,17-18H,13-16H2,1-2H3. The maximum atomic E-state index is 4.92. The molecule has 4 heteroatoms. The highest BCUT2D eigenvalue weighted by Crippen LogP contribution is 2.29. The van der Waals surface area contributed by atoms with Crippen LogP contribution >= 0.6 is 0 Å². The maximum absolute atomic E-state index is 4.92. The molecule has 0 saturated carbocycles. The zero-order valence-electron chi connectivity index (χ0n) is 16.0. The summed E-state index contributed by atoms with van der Waals surface area (Å²) in [5.41, 5.74) is 3.21. The average molecular weight is 358 g/mol. The number of benzene rings is 2. The molecule has 138 valence electrons. The molecular formula is C23H26N4. The molecule has 0 spiro atoms. The number of hydrogen-bond acceptors (Lipinski definition) is 4. The summed E-state index contributed by atoms with van der Waals surface area (Å²) < 4.78 is 0. The molecule has 3 aromatic rings. The molecule has 1 aromatic heterocycles. The number of anilines is 3. The zero-order valence-corrected chi connectivity index (χ0v) is 16.0. The molecule has 1 fully saturated rings. The number of nitrogens with zero attached hydrogens (tertiary/aromatic N) is 4. The van der Waals surface area contributed by atoms with Crippen LogP contribution in [0.25, 0.3) is 11.3 Å². The highest BCUT2D eigenvalue weighted by Gasteiger charge is 2.20. The van der Waals surface area contributed by atoms with Crippen molar-refractivity contribution in [3.8, 4) is 11.3 Å². The zero-order chi connectivity index (χ0) is 18.6. The minimum absolute atomic E-state index is 0.782. The molecule has 0 atom stereocenters. The van der Waals surface area contributed by atoms with Gasteiger partial charge in [-0.3, -0.25) is 0 Å². The Labute approximate surface area is 161 Å². The minimum Gasteiger partial charge on any atom is -0.341 e. The number of rotatable bonds is 4. The van der Waals surface area contributed by atoms with E-state index in [0.717, 1.165) is 47.7 Å². The van der Waals surface area contributed by atoms with Gasteiger partial charge in [0.15, 0.2) is 0 Å². The van der Waals surface area contributed by atoms with Gasteiger partial charge < -0.3 is 9.80 Å². The molecular weight excluding hydrogens is 332 g/mol. The fourth-order valence-electron chi connectivity index (χ4n) is 3.48. The number of hydrogen-bond donors (Lipinski definition) is 0. The van der Waals surface area contributed by atoms with Crippen LogP contribution in [0.3, 0.4) is 0 Å². The van der Waals surface area contributed by atoms with Crippen LogP contribution in [0.1, 0.15) is 19.8 Å². The lowest BCUT2D eigenvalue weighted by atomic mass is 10.00. The Hall–Kier alpha value is -2.88. The Kier molecular flexibility index (Phi) is 5.05. The normalized spacial score (nSPS) is 15.0. The van der Waals surface area contributed by atoms with Crippen molar-refractivity contribution < 1.29 is 0 Å². The van der Waals surface area contributed by atoms with Gasteiger partial charge in [-0.05, 0) is 30.9 Å². The van der Waals surface area contributed by atoms with Gasteiger partial charge in [-0.1, -0.05) is 55.5 Å². The number of para-hydroxylation sites is 1. The maximum Gasteiger partial charge on any atom is 0.227 e. The van der Waals surface area contributed by atoms with Crippen molar-refractivity contribution in [3.63, 3.8) is 0 Å². The summed E-state index contributed by atoms with van der Waals surface area (Å²) in [7, 11) is 2.06. The molecule has 0 amide bonds. The Bertz CT molecular complexity index is 871. The van der Waals surface area contributed by atoms with Crippen LogP contribution in [-0.2, 0) is 0 Å². The fourth-order valence-corrected chi connectivity index (χ4v) is 3.48. The lowest BCUT2D eigenvalue weighted by molar-refractivity contribution is 0.434. The van der Waals surface area contributed by atoms with Crippen molar-refractivity contribution in [2.45, 2.75) is 19.8 Å². The van der Waals surface area contributed by atoms with Crippen molar-refractivity contribution in [2.24, 2.45) is 5.92 Å². The van der Waals surface area contributed by atoms with Crippen molar-refractivity contribution in [1.29, 1.82) is 0 Å². The third-order valence-corrected chi connectivity index (χ3v) is 5.32. The SMILES string of the molecule is CC1CCN(c2nc(-c3ccccc3)cc(N(C)c3ccccc3)n2)CC1. The van der Waals surface area contributed by atoms with Gasteiger partial charge in [0.2, 0.25) is 5.95 Å². The van der Waals surface area contributed by atoms with Gasteiger partial charge in [0.05, 0.1) is 5.69 Å². The second-order valence-corrected chi connectivity index (χ2v) is 7.34. The van der Waals surface area contributed by atoms with Gasteiger partial charge in [-0.25, -0.2) is 4.98 Å². The largest absolute Gasteiger partial charge is 0.341 e. The first-order chi connectivity index (χ1) is 13.2. The van der Waals surface area contributed by atoms with Gasteiger partial charge in [0.1, 0.15) is 5.82 Å². The van der Waals surface area contributed by atoms with Crippen molar-refractivity contribution in [2.75, 3.05) is 29.9 Å². The third kappa shape index (κ3) is 3.95. The summed E-state index contributed by atoms with van der Waals surface area (Å²) in [5.74, 6) is 2.54. The summed E-state index contributed by atoms with van der Waals surface area (Å²) >= 11 is 0. The molecule has 4 nitrogen and oxygen atoms in total. The van der Waals surface area contributed by atoms with E-state index < -0.39 is 0 Å². The number of aromatic nitrogens is 2. The van der Waals surface area contributed by atoms with Gasteiger partial charge in [-0.15, -0.1) is 0 Å². The fraction of sp³-hybridized carbons (Fsp3) is 0.304. The first-order valence-electron chi connectivity index (χ1n) is 9.69. The molecule has 1 saturated heterocycles. The molecule has 0 bridgehead atoms. The summed E-state index contributed by atoms with van der Waals surface area (Å²) in [5, 5.41) is 0. The van der Waals surface area contributed by atoms with Crippen LogP contribution in [-0.4, -0.2) is 30.1 Å². The molecule has 1 aliphatic heterocycles. The molecule has 0 aliphatic carbocycles. The highest BCUT2D eigenvalue weighted by atomic mass is 15.3. The van der Waals surface area contributed by atoms with E-state index in [4.69, 9.17) is 9.97 Å². The summed E-state index contributed by atoms with van der Waals surface area (Å²) in [6.45, 7) is 4.37. The quantitative estimate of drug-likeness (QED) is 0.646. The third-order valence-electron chi connectivity index (χ3n) is 5.32. The smallest absolute Gasteiger partial charge is 0.227 e. The monoisotopic (exact) mass is 358 g/mol. The Morgan fingerprint density at radius 3 is 2.19 bits per heavy atom. The second kappa shape index (κ2) is 7.78. The molecule has 27 heavy (non-hydrogen) atoms. The first-order valence-corrected chi connectivity index (χ1v) is 9.69. The summed E-state index contributed by atoms with van der Waals surface area (Å²) in [6.07, 6.45) is 2.39. The van der Waals surface area contributed by atoms with E-state index >= 15 is 0 Å². The van der Waals surface area contributed by atoms with Crippen LogP contribution in [0.2, 0.25) is 0 Å². The molecule has 0 radical (unpaired) electrons. The van der Waals surface area contributed by atoms with E-state index in [-0.39, 0.29) is 0 Å². The van der Waals surface area contributed by atoms with Gasteiger partial charge >= 0.3 is 0 Å². The minimum atomic E-state index is 0.782.